The van der Waals surface area contributed by atoms with E-state index in [2.05, 4.69) is 0 Å². The van der Waals surface area contributed by atoms with E-state index in [1.807, 2.05) is 0 Å². The average molecular weight is 152 g/mol. The van der Waals surface area contributed by atoms with Crippen LogP contribution in [0.4, 0.5) is 0 Å². The molecule has 0 unspecified atom stereocenters. The largest absolute Gasteiger partial charge is 4.00 e. The maximum atomic E-state index is 0. The third kappa shape index (κ3) is 576. The van der Waals surface area contributed by atoms with Gasteiger partial charge in [0.2, 0.25) is 0 Å². The SMILES string of the molecule is O.O.[OH-].[OH-].[OH-].[OH-].[Ti+4]. The van der Waals surface area contributed by atoms with E-state index in [1.54, 1.807) is 0 Å². The first-order valence-electron chi connectivity index (χ1n) is 0. The van der Waals surface area contributed by atoms with Crippen LogP contribution in [-0.2, 0) is 21.7 Å². The van der Waals surface area contributed by atoms with Crippen molar-refractivity contribution in [2.24, 2.45) is 0 Å². The molecule has 0 amide bonds. The molecule has 0 radical (unpaired) electrons. The van der Waals surface area contributed by atoms with E-state index in [1.165, 1.54) is 0 Å². The van der Waals surface area contributed by atoms with E-state index in [0.29, 0.717) is 0 Å². The minimum atomic E-state index is 0. The molecule has 48 valence electrons. The van der Waals surface area contributed by atoms with E-state index in [-0.39, 0.29) is 54.6 Å². The molecule has 0 saturated heterocycles. The average Bonchev–Trinajstić information content (AvgIpc) is 0. The van der Waals surface area contributed by atoms with Gasteiger partial charge in [-0.05, 0) is 0 Å². The third-order valence-electron chi connectivity index (χ3n) is 0. The fraction of sp³-hybridized carbons (Fsp3) is 0. The Morgan fingerprint density at radius 1 is 0.429 bits per heavy atom. The standard InChI is InChI=1S/6H2O.Ti/h6*1H2;/q;;;;;;+4/p-4. The molecular formula is H8O6Ti. The maximum Gasteiger partial charge on any atom is 4.00 e. The van der Waals surface area contributed by atoms with Crippen LogP contribution in [0.5, 0.6) is 0 Å². The molecule has 0 aliphatic rings. The Kier molecular flexibility index (Phi) is 172000. The maximum absolute atomic E-state index is 0. The van der Waals surface area contributed by atoms with Gasteiger partial charge >= 0.3 is 21.7 Å². The van der Waals surface area contributed by atoms with Gasteiger partial charge in [-0.2, -0.15) is 0 Å². The van der Waals surface area contributed by atoms with Gasteiger partial charge in [-0.25, -0.2) is 0 Å². The zero-order valence-corrected chi connectivity index (χ0v) is 4.85. The van der Waals surface area contributed by atoms with Gasteiger partial charge in [-0.15, -0.1) is 0 Å². The van der Waals surface area contributed by atoms with Crippen molar-refractivity contribution >= 4 is 0 Å². The van der Waals surface area contributed by atoms with Crippen molar-refractivity contribution < 1.29 is 54.6 Å². The molecule has 0 atom stereocenters. The predicted molar refractivity (Wildman–Crippen MR) is 15.0 cm³/mol. The Bertz CT molecular complexity index is 4.14. The molecule has 0 bridgehead atoms. The van der Waals surface area contributed by atoms with Gasteiger partial charge in [0.1, 0.15) is 0 Å². The first kappa shape index (κ1) is 1390. The van der Waals surface area contributed by atoms with E-state index < -0.39 is 0 Å². The van der Waals surface area contributed by atoms with Crippen LogP contribution in [0.15, 0.2) is 0 Å². The smallest absolute Gasteiger partial charge is 0.870 e. The van der Waals surface area contributed by atoms with Crippen molar-refractivity contribution in [3.63, 3.8) is 0 Å². The van der Waals surface area contributed by atoms with Crippen molar-refractivity contribution in [2.45, 2.75) is 0 Å². The zero-order valence-electron chi connectivity index (χ0n) is 3.29. The molecule has 0 aliphatic heterocycles. The third-order valence-corrected chi connectivity index (χ3v) is 0. The van der Waals surface area contributed by atoms with Crippen LogP contribution >= 0.6 is 0 Å². The molecule has 0 aromatic heterocycles. The van der Waals surface area contributed by atoms with E-state index in [9.17, 15) is 0 Å². The molecule has 0 fully saturated rings. The molecule has 0 aromatic rings. The molecule has 7 heteroatoms. The summed E-state index contributed by atoms with van der Waals surface area (Å²) in [5.74, 6) is 0. The summed E-state index contributed by atoms with van der Waals surface area (Å²) >= 11 is 0. The molecule has 8 N–H and O–H groups in total. The van der Waals surface area contributed by atoms with Crippen LogP contribution in [-0.4, -0.2) is 32.9 Å². The zero-order chi connectivity index (χ0) is 0. The van der Waals surface area contributed by atoms with Crippen LogP contribution in [0.2, 0.25) is 0 Å². The van der Waals surface area contributed by atoms with Gasteiger partial charge in [0.25, 0.3) is 0 Å². The first-order chi connectivity index (χ1) is 0. The quantitative estimate of drug-likeness (QED) is 0.351. The minimum Gasteiger partial charge on any atom is -0.870 e. The van der Waals surface area contributed by atoms with E-state index in [4.69, 9.17) is 0 Å². The van der Waals surface area contributed by atoms with Gasteiger partial charge in [0.05, 0.1) is 0 Å². The van der Waals surface area contributed by atoms with E-state index in [0.717, 1.165) is 0 Å². The second-order valence-corrected chi connectivity index (χ2v) is 0. The monoisotopic (exact) mass is 152 g/mol. The summed E-state index contributed by atoms with van der Waals surface area (Å²) in [6.07, 6.45) is 0. The molecule has 7 heavy (non-hydrogen) atoms. The summed E-state index contributed by atoms with van der Waals surface area (Å²) in [7, 11) is 0. The second-order valence-electron chi connectivity index (χ2n) is 0. The van der Waals surface area contributed by atoms with Crippen LogP contribution in [0, 0.1) is 0 Å². The topological polar surface area (TPSA) is 183 Å². The summed E-state index contributed by atoms with van der Waals surface area (Å²) in [5, 5.41) is 0. The second kappa shape index (κ2) is 863. The molecule has 0 rings (SSSR count). The van der Waals surface area contributed by atoms with Gasteiger partial charge < -0.3 is 32.9 Å². The summed E-state index contributed by atoms with van der Waals surface area (Å²) < 4.78 is 0. The van der Waals surface area contributed by atoms with Crippen molar-refractivity contribution in [2.75, 3.05) is 0 Å². The Morgan fingerprint density at radius 3 is 0.429 bits per heavy atom. The molecule has 0 saturated carbocycles. The Balaban J connectivity index is 0. The fourth-order valence-electron chi connectivity index (χ4n) is 0. The normalized spacial score (nSPS) is 0. The van der Waals surface area contributed by atoms with Crippen molar-refractivity contribution in [1.29, 1.82) is 0 Å². The van der Waals surface area contributed by atoms with Crippen LogP contribution < -0.4 is 0 Å². The van der Waals surface area contributed by atoms with Crippen molar-refractivity contribution in [3.8, 4) is 0 Å². The Morgan fingerprint density at radius 2 is 0.429 bits per heavy atom. The van der Waals surface area contributed by atoms with Gasteiger partial charge in [-0.3, -0.25) is 0 Å². The molecular weight excluding hydrogens is 144 g/mol. The molecule has 6 nitrogen and oxygen atoms in total. The van der Waals surface area contributed by atoms with Gasteiger partial charge in [0, 0.05) is 0 Å². The molecule has 0 spiro atoms. The molecule has 0 heterocycles. The van der Waals surface area contributed by atoms with Crippen molar-refractivity contribution in [3.05, 3.63) is 0 Å². The van der Waals surface area contributed by atoms with Gasteiger partial charge in [0.15, 0.2) is 0 Å². The fourth-order valence-corrected chi connectivity index (χ4v) is 0. The summed E-state index contributed by atoms with van der Waals surface area (Å²) in [6, 6.07) is 0. The first-order valence-corrected chi connectivity index (χ1v) is 0. The number of hydrogen-bond acceptors (Lipinski definition) is 4. The van der Waals surface area contributed by atoms with Crippen LogP contribution in [0.25, 0.3) is 0 Å². The Labute approximate surface area is 55.3 Å². The molecule has 0 aromatic carbocycles. The number of rotatable bonds is 0. The molecule has 0 aliphatic carbocycles. The van der Waals surface area contributed by atoms with E-state index >= 15 is 0 Å². The Hall–Kier alpha value is 0.474. The van der Waals surface area contributed by atoms with Crippen molar-refractivity contribution in [1.82, 2.24) is 0 Å². The minimum absolute atomic E-state index is 0. The van der Waals surface area contributed by atoms with Crippen LogP contribution in [0.1, 0.15) is 0 Å². The van der Waals surface area contributed by atoms with Gasteiger partial charge in [-0.1, -0.05) is 0 Å². The van der Waals surface area contributed by atoms with Crippen LogP contribution in [0.3, 0.4) is 0 Å². The number of hydrogen-bond donors (Lipinski definition) is 0. The summed E-state index contributed by atoms with van der Waals surface area (Å²) in [6.45, 7) is 0. The predicted octanol–water partition coefficient (Wildman–Crippen LogP) is -2.36. The summed E-state index contributed by atoms with van der Waals surface area (Å²) in [4.78, 5) is 0. The summed E-state index contributed by atoms with van der Waals surface area (Å²) in [5.41, 5.74) is 0.